The van der Waals surface area contributed by atoms with E-state index < -0.39 is 39.7 Å². The number of pyridine rings is 1. The molecule has 0 amide bonds. The predicted octanol–water partition coefficient (Wildman–Crippen LogP) is 4.19. The summed E-state index contributed by atoms with van der Waals surface area (Å²) in [5, 5.41) is 0. The van der Waals surface area contributed by atoms with Crippen LogP contribution in [0.5, 0.6) is 0 Å². The number of hydrogen-bond donors (Lipinski definition) is 0. The fourth-order valence-electron chi connectivity index (χ4n) is 4.85. The van der Waals surface area contributed by atoms with Crippen molar-refractivity contribution in [3.63, 3.8) is 0 Å². The van der Waals surface area contributed by atoms with Gasteiger partial charge in [-0.2, -0.15) is 17.5 Å². The second-order valence-electron chi connectivity index (χ2n) is 9.04. The number of ketones is 1. The van der Waals surface area contributed by atoms with Crippen molar-refractivity contribution in [1.29, 1.82) is 0 Å². The summed E-state index contributed by atoms with van der Waals surface area (Å²) in [6.07, 6.45) is -1.11. The fraction of sp³-hybridized carbons (Fsp3) is 0.333. The van der Waals surface area contributed by atoms with E-state index in [4.69, 9.17) is 0 Å². The monoisotopic (exact) mass is 538 g/mol. The molecule has 37 heavy (non-hydrogen) atoms. The van der Waals surface area contributed by atoms with Gasteiger partial charge < -0.3 is 0 Å². The molecule has 1 saturated carbocycles. The second kappa shape index (κ2) is 9.21. The number of aromatic nitrogens is 3. The first-order valence-electron chi connectivity index (χ1n) is 11.3. The van der Waals surface area contributed by atoms with Crippen LogP contribution < -0.4 is 0 Å². The average molecular weight is 538 g/mol. The maximum atomic E-state index is 14.4. The van der Waals surface area contributed by atoms with E-state index in [9.17, 15) is 35.2 Å². The number of benzene rings is 1. The van der Waals surface area contributed by atoms with Gasteiger partial charge in [0.25, 0.3) is 0 Å². The van der Waals surface area contributed by atoms with Crippen LogP contribution in [0.2, 0.25) is 0 Å². The Kier molecular flexibility index (Phi) is 6.31. The molecule has 2 bridgehead atoms. The van der Waals surface area contributed by atoms with Crippen LogP contribution >= 0.6 is 0 Å². The summed E-state index contributed by atoms with van der Waals surface area (Å²) >= 11 is 0. The number of carbonyl (C=O) groups excluding carboxylic acids is 1. The fourth-order valence-corrected chi connectivity index (χ4v) is 6.73. The molecule has 7 nitrogen and oxygen atoms in total. The number of sulfonamides is 1. The average Bonchev–Trinajstić information content (AvgIpc) is 3.41. The summed E-state index contributed by atoms with van der Waals surface area (Å²) in [5.74, 6) is -3.13. The quantitative estimate of drug-likeness (QED) is 0.419. The smallest absolute Gasteiger partial charge is 0.298 e. The first-order valence-corrected chi connectivity index (χ1v) is 12.7. The Balaban J connectivity index is 1.32. The molecule has 3 aromatic rings. The number of rotatable bonds is 7. The highest BCUT2D eigenvalue weighted by atomic mass is 32.2. The highest BCUT2D eigenvalue weighted by Gasteiger charge is 2.58. The van der Waals surface area contributed by atoms with E-state index in [0.717, 1.165) is 42.9 Å². The maximum Gasteiger partial charge on any atom is 0.451 e. The Morgan fingerprint density at radius 1 is 1.00 bits per heavy atom. The lowest BCUT2D eigenvalue weighted by atomic mass is 9.81. The number of carbonyl (C=O) groups is 1. The van der Waals surface area contributed by atoms with Crippen molar-refractivity contribution in [2.45, 2.75) is 48.8 Å². The van der Waals surface area contributed by atoms with Gasteiger partial charge in [0.05, 0.1) is 22.8 Å². The minimum Gasteiger partial charge on any atom is -0.298 e. The van der Waals surface area contributed by atoms with Crippen molar-refractivity contribution >= 4 is 15.8 Å². The molecule has 6 rings (SSSR count). The SMILES string of the molecule is O=C(CCc1cc(-c2cnc(C(F)(F)F)nc2)ncc1F)[C@@H]1C2CC(C2)N1S(=O)(=O)c1ccc(F)cc1. The van der Waals surface area contributed by atoms with E-state index in [1.54, 1.807) is 0 Å². The lowest BCUT2D eigenvalue weighted by Crippen LogP contribution is -2.41. The van der Waals surface area contributed by atoms with Crippen LogP contribution in [-0.2, 0) is 27.4 Å². The topological polar surface area (TPSA) is 93.1 Å². The third-order valence-electron chi connectivity index (χ3n) is 6.73. The van der Waals surface area contributed by atoms with E-state index in [1.165, 1.54) is 10.4 Å². The van der Waals surface area contributed by atoms with E-state index in [1.807, 2.05) is 0 Å². The Morgan fingerprint density at radius 3 is 2.27 bits per heavy atom. The molecule has 3 fully saturated rings. The van der Waals surface area contributed by atoms with Crippen LogP contribution in [0.15, 0.2) is 53.8 Å². The zero-order chi connectivity index (χ0) is 26.5. The Bertz CT molecular complexity index is 1440. The van der Waals surface area contributed by atoms with E-state index in [-0.39, 0.29) is 52.3 Å². The van der Waals surface area contributed by atoms with E-state index in [0.29, 0.717) is 12.8 Å². The molecule has 1 atom stereocenters. The number of aryl methyl sites for hydroxylation is 1. The Labute approximate surface area is 208 Å². The van der Waals surface area contributed by atoms with E-state index in [2.05, 4.69) is 15.0 Å². The number of nitrogens with zero attached hydrogens (tertiary/aromatic N) is 4. The van der Waals surface area contributed by atoms with Crippen molar-refractivity contribution < 1.29 is 35.2 Å². The number of halogens is 5. The van der Waals surface area contributed by atoms with Gasteiger partial charge >= 0.3 is 6.18 Å². The molecule has 2 aromatic heterocycles. The van der Waals surface area contributed by atoms with Crippen LogP contribution in [-0.4, -0.2) is 45.5 Å². The third-order valence-corrected chi connectivity index (χ3v) is 8.67. The lowest BCUT2D eigenvalue weighted by Gasteiger charge is -2.25. The largest absolute Gasteiger partial charge is 0.451 e. The van der Waals surface area contributed by atoms with E-state index >= 15 is 0 Å². The van der Waals surface area contributed by atoms with Crippen molar-refractivity contribution in [2.75, 3.05) is 0 Å². The van der Waals surface area contributed by atoms with Gasteiger partial charge in [-0.1, -0.05) is 0 Å². The highest BCUT2D eigenvalue weighted by Crippen LogP contribution is 2.49. The Morgan fingerprint density at radius 2 is 1.65 bits per heavy atom. The minimum atomic E-state index is -4.71. The van der Waals surface area contributed by atoms with Gasteiger partial charge in [-0.15, -0.1) is 0 Å². The summed E-state index contributed by atoms with van der Waals surface area (Å²) in [5.41, 5.74) is 0.353. The lowest BCUT2D eigenvalue weighted by molar-refractivity contribution is -0.145. The molecule has 1 aromatic carbocycles. The molecule has 0 radical (unpaired) electrons. The van der Waals surface area contributed by atoms with Gasteiger partial charge in [-0.3, -0.25) is 9.78 Å². The second-order valence-corrected chi connectivity index (χ2v) is 10.9. The Hall–Kier alpha value is -3.32. The molecular weight excluding hydrogens is 519 g/mol. The molecule has 194 valence electrons. The summed E-state index contributed by atoms with van der Waals surface area (Å²) < 4.78 is 93.5. The van der Waals surface area contributed by atoms with Crippen molar-refractivity contribution in [3.8, 4) is 11.3 Å². The van der Waals surface area contributed by atoms with Crippen LogP contribution in [0.3, 0.4) is 0 Å². The predicted molar refractivity (Wildman–Crippen MR) is 119 cm³/mol. The molecule has 2 saturated heterocycles. The van der Waals surface area contributed by atoms with Gasteiger partial charge in [0.15, 0.2) is 5.78 Å². The van der Waals surface area contributed by atoms with Crippen LogP contribution in [0.25, 0.3) is 11.3 Å². The molecule has 0 N–H and O–H groups in total. The molecule has 0 spiro atoms. The zero-order valence-electron chi connectivity index (χ0n) is 19.0. The highest BCUT2D eigenvalue weighted by molar-refractivity contribution is 7.89. The summed E-state index contributed by atoms with van der Waals surface area (Å²) in [6, 6.07) is 4.47. The number of fused-ring (bicyclic) bond motifs is 1. The molecular formula is C24H19F5N4O3S. The molecule has 3 aliphatic rings. The van der Waals surface area contributed by atoms with Gasteiger partial charge in [0, 0.05) is 30.4 Å². The van der Waals surface area contributed by atoms with Crippen molar-refractivity contribution in [3.05, 3.63) is 71.9 Å². The molecule has 4 heterocycles. The van der Waals surface area contributed by atoms with Crippen LogP contribution in [0, 0.1) is 17.6 Å². The third kappa shape index (κ3) is 4.73. The molecule has 13 heteroatoms. The van der Waals surface area contributed by atoms with Gasteiger partial charge in [-0.25, -0.2) is 27.2 Å². The number of alkyl halides is 3. The summed E-state index contributed by atoms with van der Waals surface area (Å²) in [6.45, 7) is 0. The van der Waals surface area contributed by atoms with Gasteiger partial charge in [-0.05, 0) is 61.1 Å². The normalized spacial score (nSPS) is 21.6. The maximum absolute atomic E-state index is 14.4. The molecule has 0 unspecified atom stereocenters. The van der Waals surface area contributed by atoms with Gasteiger partial charge in [0.1, 0.15) is 11.6 Å². The van der Waals surface area contributed by atoms with Crippen LogP contribution in [0.1, 0.15) is 30.7 Å². The number of hydrogen-bond acceptors (Lipinski definition) is 6. The first-order chi connectivity index (χ1) is 17.4. The standard InChI is InChI=1S/C24H19F5N4O3S/c25-16-2-4-18(5-3-16)37(35,36)33-17-7-14(8-17)22(33)21(34)6-1-13-9-20(30-12-19(13)26)15-10-31-23(32-11-15)24(27,28)29/h2-5,9-12,14,17,22H,1,6-8H2/t14?,17?,22-/m0/s1. The number of Topliss-reactive ketones (excluding diaryl/α,β-unsaturated/α-hetero) is 1. The summed E-state index contributed by atoms with van der Waals surface area (Å²) in [4.78, 5) is 23.5. The van der Waals surface area contributed by atoms with Crippen LogP contribution in [0.4, 0.5) is 22.0 Å². The minimum absolute atomic E-state index is 0.0694. The van der Waals surface area contributed by atoms with Gasteiger partial charge in [0.2, 0.25) is 15.8 Å². The van der Waals surface area contributed by atoms with Crippen molar-refractivity contribution in [1.82, 2.24) is 19.3 Å². The molecule has 2 aliphatic heterocycles. The molecule has 1 aliphatic carbocycles. The first kappa shape index (κ1) is 25.3. The summed E-state index contributed by atoms with van der Waals surface area (Å²) in [7, 11) is -4.04. The van der Waals surface area contributed by atoms with Crippen molar-refractivity contribution in [2.24, 2.45) is 5.92 Å². The zero-order valence-corrected chi connectivity index (χ0v) is 19.8.